The third-order valence-corrected chi connectivity index (χ3v) is 5.09. The van der Waals surface area contributed by atoms with Crippen LogP contribution in [0.5, 0.6) is 5.75 Å². The topological polar surface area (TPSA) is 58.1 Å². The molecule has 0 saturated heterocycles. The van der Waals surface area contributed by atoms with Gasteiger partial charge in [-0.2, -0.15) is 0 Å². The van der Waals surface area contributed by atoms with E-state index >= 15 is 0 Å². The standard InChI is InChI=1S/C25H38N4O2.HI/c1-6-29(4)19-22-10-7-9-21(16-22)17-27-25(26-3)28-18-23-12-11-20(2)15-24(23)31-14-8-13-30-5;/h7,9-12,15-16H,6,8,13-14,17-19H2,1-5H3,(H2,26,27,28);1H. The molecule has 2 rings (SSSR count). The van der Waals surface area contributed by atoms with E-state index in [2.05, 4.69) is 83.9 Å². The lowest BCUT2D eigenvalue weighted by atomic mass is 10.1. The fourth-order valence-electron chi connectivity index (χ4n) is 3.17. The Hall–Kier alpha value is -1.84. The SMILES string of the molecule is CCN(C)Cc1cccc(CNC(=NC)NCc2ccc(C)cc2OCCCOC)c1.I. The van der Waals surface area contributed by atoms with Crippen LogP contribution in [0.4, 0.5) is 0 Å². The van der Waals surface area contributed by atoms with Crippen LogP contribution in [0.2, 0.25) is 0 Å². The fourth-order valence-corrected chi connectivity index (χ4v) is 3.17. The molecule has 0 aliphatic rings. The summed E-state index contributed by atoms with van der Waals surface area (Å²) in [5.74, 6) is 1.67. The first-order valence-corrected chi connectivity index (χ1v) is 11.0. The van der Waals surface area contributed by atoms with Crippen LogP contribution in [0, 0.1) is 6.92 Å². The number of aryl methyl sites for hydroxylation is 1. The summed E-state index contributed by atoms with van der Waals surface area (Å²) in [4.78, 5) is 6.66. The minimum Gasteiger partial charge on any atom is -0.493 e. The largest absolute Gasteiger partial charge is 0.493 e. The van der Waals surface area contributed by atoms with Crippen LogP contribution in [-0.2, 0) is 24.4 Å². The van der Waals surface area contributed by atoms with Crippen molar-refractivity contribution in [2.45, 2.75) is 39.9 Å². The molecule has 7 heteroatoms. The molecular formula is C25H39IN4O2. The monoisotopic (exact) mass is 554 g/mol. The van der Waals surface area contributed by atoms with Crippen LogP contribution < -0.4 is 15.4 Å². The Balaban J connectivity index is 0.00000512. The van der Waals surface area contributed by atoms with Gasteiger partial charge in [0, 0.05) is 52.4 Å². The lowest BCUT2D eigenvalue weighted by molar-refractivity contribution is 0.171. The van der Waals surface area contributed by atoms with Crippen molar-refractivity contribution in [1.82, 2.24) is 15.5 Å². The third kappa shape index (κ3) is 10.2. The van der Waals surface area contributed by atoms with Crippen LogP contribution in [0.1, 0.15) is 35.6 Å². The predicted octanol–water partition coefficient (Wildman–Crippen LogP) is 4.35. The van der Waals surface area contributed by atoms with E-state index < -0.39 is 0 Å². The molecule has 2 N–H and O–H groups in total. The molecule has 0 bridgehead atoms. The maximum absolute atomic E-state index is 5.99. The first-order chi connectivity index (χ1) is 15.0. The Morgan fingerprint density at radius 1 is 1.03 bits per heavy atom. The number of guanidine groups is 1. The van der Waals surface area contributed by atoms with Gasteiger partial charge >= 0.3 is 0 Å². The number of nitrogens with one attached hydrogen (secondary N) is 2. The van der Waals surface area contributed by atoms with Gasteiger partial charge in [0.15, 0.2) is 5.96 Å². The first kappa shape index (κ1) is 28.2. The van der Waals surface area contributed by atoms with Crippen LogP contribution in [-0.4, -0.2) is 51.8 Å². The highest BCUT2D eigenvalue weighted by Gasteiger charge is 2.07. The Kier molecular flexibility index (Phi) is 14.0. The molecular weight excluding hydrogens is 515 g/mol. The minimum absolute atomic E-state index is 0. The van der Waals surface area contributed by atoms with E-state index in [0.29, 0.717) is 19.8 Å². The van der Waals surface area contributed by atoms with Gasteiger partial charge in [-0.25, -0.2) is 0 Å². The second-order valence-corrected chi connectivity index (χ2v) is 7.74. The molecule has 0 spiro atoms. The smallest absolute Gasteiger partial charge is 0.191 e. The maximum atomic E-state index is 5.99. The van der Waals surface area contributed by atoms with Gasteiger partial charge in [0.1, 0.15) is 5.75 Å². The third-order valence-electron chi connectivity index (χ3n) is 5.09. The summed E-state index contributed by atoms with van der Waals surface area (Å²) in [5.41, 5.74) is 4.85. The summed E-state index contributed by atoms with van der Waals surface area (Å²) in [6.07, 6.45) is 0.869. The molecule has 32 heavy (non-hydrogen) atoms. The van der Waals surface area contributed by atoms with Crippen molar-refractivity contribution in [2.75, 3.05) is 41.0 Å². The van der Waals surface area contributed by atoms with E-state index in [9.17, 15) is 0 Å². The van der Waals surface area contributed by atoms with Gasteiger partial charge in [-0.15, -0.1) is 24.0 Å². The van der Waals surface area contributed by atoms with E-state index in [-0.39, 0.29) is 24.0 Å². The van der Waals surface area contributed by atoms with Crippen LogP contribution in [0.25, 0.3) is 0 Å². The van der Waals surface area contributed by atoms with E-state index in [4.69, 9.17) is 9.47 Å². The average molecular weight is 555 g/mol. The van der Waals surface area contributed by atoms with E-state index in [1.807, 2.05) is 0 Å². The molecule has 178 valence electrons. The second-order valence-electron chi connectivity index (χ2n) is 7.74. The van der Waals surface area contributed by atoms with E-state index in [0.717, 1.165) is 43.3 Å². The number of hydrogen-bond donors (Lipinski definition) is 2. The minimum atomic E-state index is 0. The van der Waals surface area contributed by atoms with Gasteiger partial charge in [0.25, 0.3) is 0 Å². The fraction of sp³-hybridized carbons (Fsp3) is 0.480. The van der Waals surface area contributed by atoms with Crippen molar-refractivity contribution < 1.29 is 9.47 Å². The summed E-state index contributed by atoms with van der Waals surface area (Å²) < 4.78 is 11.1. The lowest BCUT2D eigenvalue weighted by Crippen LogP contribution is -2.36. The maximum Gasteiger partial charge on any atom is 0.191 e. The van der Waals surface area contributed by atoms with Gasteiger partial charge in [-0.05, 0) is 43.3 Å². The number of benzene rings is 2. The Bertz CT molecular complexity index is 829. The zero-order valence-electron chi connectivity index (χ0n) is 20.1. The van der Waals surface area contributed by atoms with Gasteiger partial charge in [-0.3, -0.25) is 4.99 Å². The number of methoxy groups -OCH3 is 1. The first-order valence-electron chi connectivity index (χ1n) is 11.0. The molecule has 0 aliphatic carbocycles. The molecule has 0 unspecified atom stereocenters. The van der Waals surface area contributed by atoms with Crippen molar-refractivity contribution >= 4 is 29.9 Å². The van der Waals surface area contributed by atoms with Crippen LogP contribution in [0.15, 0.2) is 47.5 Å². The predicted molar refractivity (Wildman–Crippen MR) is 144 cm³/mol. The molecule has 0 atom stereocenters. The van der Waals surface area contributed by atoms with Gasteiger partial charge in [0.2, 0.25) is 0 Å². The molecule has 0 heterocycles. The molecule has 0 radical (unpaired) electrons. The summed E-state index contributed by atoms with van der Waals surface area (Å²) in [6, 6.07) is 15.0. The van der Waals surface area contributed by atoms with Gasteiger partial charge < -0.3 is 25.0 Å². The van der Waals surface area contributed by atoms with Gasteiger partial charge in [0.05, 0.1) is 6.61 Å². The molecule has 0 aromatic heterocycles. The van der Waals surface area contributed by atoms with Crippen molar-refractivity contribution in [3.8, 4) is 5.75 Å². The number of nitrogens with zero attached hydrogens (tertiary/aromatic N) is 2. The molecule has 0 saturated carbocycles. The normalized spacial score (nSPS) is 11.2. The molecule has 0 fully saturated rings. The number of halogens is 1. The number of hydrogen-bond acceptors (Lipinski definition) is 4. The summed E-state index contributed by atoms with van der Waals surface area (Å²) in [6.45, 7) is 8.94. The van der Waals surface area contributed by atoms with E-state index in [1.54, 1.807) is 14.2 Å². The highest BCUT2D eigenvalue weighted by Crippen LogP contribution is 2.20. The highest BCUT2D eigenvalue weighted by molar-refractivity contribution is 14.0. The zero-order valence-corrected chi connectivity index (χ0v) is 22.4. The Labute approximate surface area is 210 Å². The molecule has 2 aromatic rings. The summed E-state index contributed by atoms with van der Waals surface area (Å²) in [7, 11) is 5.64. The van der Waals surface area contributed by atoms with Crippen molar-refractivity contribution in [2.24, 2.45) is 4.99 Å². The van der Waals surface area contributed by atoms with E-state index in [1.165, 1.54) is 16.7 Å². The lowest BCUT2D eigenvalue weighted by Gasteiger charge is -2.16. The van der Waals surface area contributed by atoms with Crippen LogP contribution >= 0.6 is 24.0 Å². The quantitative estimate of drug-likeness (QED) is 0.177. The number of rotatable bonds is 12. The van der Waals surface area contributed by atoms with Crippen molar-refractivity contribution in [3.05, 3.63) is 64.7 Å². The van der Waals surface area contributed by atoms with Crippen molar-refractivity contribution in [1.29, 1.82) is 0 Å². The second kappa shape index (κ2) is 15.9. The molecule has 2 aromatic carbocycles. The molecule has 6 nitrogen and oxygen atoms in total. The zero-order chi connectivity index (χ0) is 22.5. The number of ether oxygens (including phenoxy) is 2. The molecule has 0 aliphatic heterocycles. The highest BCUT2D eigenvalue weighted by atomic mass is 127. The van der Waals surface area contributed by atoms with Crippen LogP contribution in [0.3, 0.4) is 0 Å². The summed E-state index contributed by atoms with van der Waals surface area (Å²) in [5, 5.41) is 6.81. The van der Waals surface area contributed by atoms with Gasteiger partial charge in [-0.1, -0.05) is 43.3 Å². The number of aliphatic imine (C=N–C) groups is 1. The summed E-state index contributed by atoms with van der Waals surface area (Å²) >= 11 is 0. The van der Waals surface area contributed by atoms with Crippen molar-refractivity contribution in [3.63, 3.8) is 0 Å². The molecule has 0 amide bonds. The Morgan fingerprint density at radius 2 is 1.78 bits per heavy atom. The average Bonchev–Trinajstić information content (AvgIpc) is 2.78. The Morgan fingerprint density at radius 3 is 2.50 bits per heavy atom.